The fourth-order valence-corrected chi connectivity index (χ4v) is 3.55. The van der Waals surface area contributed by atoms with Crippen molar-refractivity contribution in [2.24, 2.45) is 0 Å². The summed E-state index contributed by atoms with van der Waals surface area (Å²) in [5.74, 6) is 7.04. The number of hydrogen-bond acceptors (Lipinski definition) is 4. The van der Waals surface area contributed by atoms with Crippen LogP contribution in [0.2, 0.25) is 0 Å². The van der Waals surface area contributed by atoms with Crippen LogP contribution in [0, 0.1) is 23.2 Å². The molecule has 1 saturated heterocycles. The van der Waals surface area contributed by atoms with Crippen molar-refractivity contribution in [3.63, 3.8) is 0 Å². The monoisotopic (exact) mass is 373 g/mol. The number of nitrogens with zero attached hydrogens (tertiary/aromatic N) is 1. The SMILES string of the molecule is CCOc1ccc(C2(CCC#Cc3ccc(C#N)cc3)CCOC(=O)C2)cc1. The van der Waals surface area contributed by atoms with Gasteiger partial charge in [0.05, 0.1) is 31.3 Å². The standard InChI is InChI=1S/C24H23NO3/c1-2-27-22-12-10-21(11-13-22)24(15-16-28-23(26)17-24)14-4-3-5-19-6-8-20(18-25)9-7-19/h6-13H,2,4,14-17H2,1H3. The average molecular weight is 373 g/mol. The Morgan fingerprint density at radius 1 is 1.11 bits per heavy atom. The van der Waals surface area contributed by atoms with E-state index in [2.05, 4.69) is 30.0 Å². The third kappa shape index (κ3) is 4.72. The molecule has 0 aliphatic carbocycles. The molecule has 4 nitrogen and oxygen atoms in total. The summed E-state index contributed by atoms with van der Waals surface area (Å²) in [6.07, 6.45) is 2.64. The zero-order valence-corrected chi connectivity index (χ0v) is 16.0. The first-order valence-electron chi connectivity index (χ1n) is 9.53. The van der Waals surface area contributed by atoms with Gasteiger partial charge in [0.25, 0.3) is 0 Å². The van der Waals surface area contributed by atoms with Gasteiger partial charge in [-0.15, -0.1) is 0 Å². The summed E-state index contributed by atoms with van der Waals surface area (Å²) in [6.45, 7) is 3.02. The van der Waals surface area contributed by atoms with Crippen molar-refractivity contribution in [1.82, 2.24) is 0 Å². The number of carbonyl (C=O) groups excluding carboxylic acids is 1. The summed E-state index contributed by atoms with van der Waals surface area (Å²) < 4.78 is 10.7. The van der Waals surface area contributed by atoms with E-state index in [1.54, 1.807) is 12.1 Å². The summed E-state index contributed by atoms with van der Waals surface area (Å²) in [5.41, 5.74) is 2.39. The molecule has 1 heterocycles. The molecular weight excluding hydrogens is 350 g/mol. The maximum absolute atomic E-state index is 12.0. The summed E-state index contributed by atoms with van der Waals surface area (Å²) in [4.78, 5) is 12.0. The first-order chi connectivity index (χ1) is 13.6. The topological polar surface area (TPSA) is 59.3 Å². The normalized spacial score (nSPS) is 18.4. The van der Waals surface area contributed by atoms with Crippen molar-refractivity contribution >= 4 is 5.97 Å². The Labute approximate surface area is 166 Å². The smallest absolute Gasteiger partial charge is 0.306 e. The Morgan fingerprint density at radius 2 is 1.82 bits per heavy atom. The number of esters is 1. The van der Waals surface area contributed by atoms with E-state index in [4.69, 9.17) is 14.7 Å². The van der Waals surface area contributed by atoms with Gasteiger partial charge in [0.1, 0.15) is 5.75 Å². The molecule has 1 atom stereocenters. The van der Waals surface area contributed by atoms with Gasteiger partial charge in [-0.05, 0) is 61.7 Å². The van der Waals surface area contributed by atoms with E-state index in [0.717, 1.165) is 29.7 Å². The number of hydrogen-bond donors (Lipinski definition) is 0. The molecule has 142 valence electrons. The van der Waals surface area contributed by atoms with E-state index in [1.165, 1.54) is 0 Å². The van der Waals surface area contributed by atoms with Gasteiger partial charge in [-0.25, -0.2) is 0 Å². The Morgan fingerprint density at radius 3 is 2.46 bits per heavy atom. The first kappa shape index (κ1) is 19.5. The molecule has 1 unspecified atom stereocenters. The number of rotatable bonds is 5. The van der Waals surface area contributed by atoms with Crippen LogP contribution in [0.5, 0.6) is 5.75 Å². The largest absolute Gasteiger partial charge is 0.494 e. The van der Waals surface area contributed by atoms with Gasteiger partial charge in [0.2, 0.25) is 0 Å². The first-order valence-corrected chi connectivity index (χ1v) is 9.53. The average Bonchev–Trinajstić information content (AvgIpc) is 2.72. The second-order valence-electron chi connectivity index (χ2n) is 6.88. The number of nitriles is 1. The Balaban J connectivity index is 1.74. The van der Waals surface area contributed by atoms with Crippen LogP contribution in [0.1, 0.15) is 49.3 Å². The van der Waals surface area contributed by atoms with Crippen LogP contribution in [-0.2, 0) is 14.9 Å². The lowest BCUT2D eigenvalue weighted by Crippen LogP contribution is -2.36. The third-order valence-electron chi connectivity index (χ3n) is 5.08. The maximum atomic E-state index is 12.0. The van der Waals surface area contributed by atoms with E-state index >= 15 is 0 Å². The molecule has 1 aliphatic heterocycles. The van der Waals surface area contributed by atoms with Crippen molar-refractivity contribution in [1.29, 1.82) is 5.26 Å². The van der Waals surface area contributed by atoms with Gasteiger partial charge in [0, 0.05) is 17.4 Å². The molecule has 2 aromatic rings. The van der Waals surface area contributed by atoms with Crippen LogP contribution >= 0.6 is 0 Å². The molecule has 0 radical (unpaired) electrons. The molecule has 0 N–H and O–H groups in total. The fraction of sp³-hybridized carbons (Fsp3) is 0.333. The fourth-order valence-electron chi connectivity index (χ4n) is 3.55. The summed E-state index contributed by atoms with van der Waals surface area (Å²) in [7, 11) is 0. The molecular formula is C24H23NO3. The van der Waals surface area contributed by atoms with Gasteiger partial charge in [-0.3, -0.25) is 4.79 Å². The predicted molar refractivity (Wildman–Crippen MR) is 107 cm³/mol. The highest BCUT2D eigenvalue weighted by atomic mass is 16.5. The molecule has 0 saturated carbocycles. The van der Waals surface area contributed by atoms with Crippen LogP contribution in [0.15, 0.2) is 48.5 Å². The zero-order valence-electron chi connectivity index (χ0n) is 16.0. The number of benzene rings is 2. The van der Waals surface area contributed by atoms with Crippen LogP contribution < -0.4 is 4.74 Å². The lowest BCUT2D eigenvalue weighted by molar-refractivity contribution is -0.150. The van der Waals surface area contributed by atoms with E-state index in [1.807, 2.05) is 31.2 Å². The van der Waals surface area contributed by atoms with Gasteiger partial charge in [-0.2, -0.15) is 5.26 Å². The van der Waals surface area contributed by atoms with E-state index in [-0.39, 0.29) is 11.4 Å². The lowest BCUT2D eigenvalue weighted by Gasteiger charge is -2.36. The molecule has 0 bridgehead atoms. The second-order valence-corrected chi connectivity index (χ2v) is 6.88. The number of ether oxygens (including phenoxy) is 2. The molecule has 4 heteroatoms. The molecule has 2 aromatic carbocycles. The van der Waals surface area contributed by atoms with E-state index in [0.29, 0.717) is 31.6 Å². The Hall–Kier alpha value is -3.24. The summed E-state index contributed by atoms with van der Waals surface area (Å²) in [5, 5.41) is 8.86. The van der Waals surface area contributed by atoms with Crippen molar-refractivity contribution in [2.75, 3.05) is 13.2 Å². The highest BCUT2D eigenvalue weighted by Gasteiger charge is 2.38. The Kier molecular flexibility index (Phi) is 6.35. The van der Waals surface area contributed by atoms with Gasteiger partial charge in [-0.1, -0.05) is 24.0 Å². The van der Waals surface area contributed by atoms with Gasteiger partial charge < -0.3 is 9.47 Å². The number of carbonyl (C=O) groups is 1. The molecule has 1 fully saturated rings. The van der Waals surface area contributed by atoms with E-state index < -0.39 is 0 Å². The predicted octanol–water partition coefficient (Wildman–Crippen LogP) is 4.36. The molecule has 3 rings (SSSR count). The molecule has 0 spiro atoms. The Bertz CT molecular complexity index is 914. The minimum absolute atomic E-state index is 0.153. The van der Waals surface area contributed by atoms with Crippen molar-refractivity contribution in [3.8, 4) is 23.7 Å². The van der Waals surface area contributed by atoms with Crippen molar-refractivity contribution in [3.05, 3.63) is 65.2 Å². The second kappa shape index (κ2) is 9.11. The van der Waals surface area contributed by atoms with Crippen molar-refractivity contribution < 1.29 is 14.3 Å². The van der Waals surface area contributed by atoms with E-state index in [9.17, 15) is 4.79 Å². The molecule has 1 aliphatic rings. The minimum atomic E-state index is -0.251. The summed E-state index contributed by atoms with van der Waals surface area (Å²) in [6, 6.07) is 17.4. The molecule has 0 amide bonds. The van der Waals surface area contributed by atoms with Crippen LogP contribution in [0.25, 0.3) is 0 Å². The van der Waals surface area contributed by atoms with Gasteiger partial charge >= 0.3 is 5.97 Å². The number of cyclic esters (lactones) is 1. The molecule has 0 aromatic heterocycles. The third-order valence-corrected chi connectivity index (χ3v) is 5.08. The minimum Gasteiger partial charge on any atom is -0.494 e. The van der Waals surface area contributed by atoms with Crippen LogP contribution in [0.3, 0.4) is 0 Å². The van der Waals surface area contributed by atoms with Crippen LogP contribution in [0.4, 0.5) is 0 Å². The zero-order chi connectivity index (χ0) is 19.8. The van der Waals surface area contributed by atoms with Gasteiger partial charge in [0.15, 0.2) is 0 Å². The molecule has 28 heavy (non-hydrogen) atoms. The van der Waals surface area contributed by atoms with Crippen LogP contribution in [-0.4, -0.2) is 19.2 Å². The lowest BCUT2D eigenvalue weighted by atomic mass is 9.71. The summed E-state index contributed by atoms with van der Waals surface area (Å²) >= 11 is 0. The highest BCUT2D eigenvalue weighted by Crippen LogP contribution is 2.40. The maximum Gasteiger partial charge on any atom is 0.306 e. The highest BCUT2D eigenvalue weighted by molar-refractivity contribution is 5.72. The quantitative estimate of drug-likeness (QED) is 0.577. The van der Waals surface area contributed by atoms with Crippen molar-refractivity contribution in [2.45, 2.75) is 38.0 Å².